The number of amides is 1. The molecule has 0 spiro atoms. The smallest absolute Gasteiger partial charge is 0.265 e. The quantitative estimate of drug-likeness (QED) is 0.867. The van der Waals surface area contributed by atoms with Gasteiger partial charge in [-0.3, -0.25) is 4.79 Å². The second-order valence-electron chi connectivity index (χ2n) is 5.30. The van der Waals surface area contributed by atoms with E-state index in [4.69, 9.17) is 4.74 Å². The van der Waals surface area contributed by atoms with E-state index >= 15 is 0 Å². The number of carbonyl (C=O) groups excluding carboxylic acids is 1. The first kappa shape index (κ1) is 16.1. The Morgan fingerprint density at radius 3 is 1.95 bits per heavy atom. The molecule has 22 heavy (non-hydrogen) atoms. The molecule has 0 aliphatic carbocycles. The van der Waals surface area contributed by atoms with Crippen LogP contribution >= 0.6 is 0 Å². The average Bonchev–Trinajstić information content (AvgIpc) is 2.56. The first-order valence-electron chi connectivity index (χ1n) is 7.77. The van der Waals surface area contributed by atoms with Crippen molar-refractivity contribution < 1.29 is 9.53 Å². The molecule has 3 heteroatoms. The minimum Gasteiger partial charge on any atom is -0.481 e. The molecule has 0 radical (unpaired) electrons. The van der Waals surface area contributed by atoms with Crippen molar-refractivity contribution in [3.8, 4) is 5.75 Å². The summed E-state index contributed by atoms with van der Waals surface area (Å²) in [6.45, 7) is 5.96. The van der Waals surface area contributed by atoms with E-state index in [1.54, 1.807) is 6.92 Å². The molecule has 2 aromatic rings. The van der Waals surface area contributed by atoms with Crippen LogP contribution in [0.4, 0.5) is 5.69 Å². The first-order chi connectivity index (χ1) is 10.6. The summed E-state index contributed by atoms with van der Waals surface area (Å²) in [7, 11) is 0. The van der Waals surface area contributed by atoms with Gasteiger partial charge in [0.05, 0.1) is 0 Å². The molecule has 1 N–H and O–H groups in total. The van der Waals surface area contributed by atoms with Crippen molar-refractivity contribution in [3.05, 3.63) is 59.7 Å². The number of carbonyl (C=O) groups is 1. The van der Waals surface area contributed by atoms with E-state index in [9.17, 15) is 4.79 Å². The maximum atomic E-state index is 12.2. The van der Waals surface area contributed by atoms with E-state index in [0.717, 1.165) is 18.5 Å². The number of ether oxygens (including phenoxy) is 1. The van der Waals surface area contributed by atoms with Gasteiger partial charge in [-0.2, -0.15) is 0 Å². The van der Waals surface area contributed by atoms with E-state index in [0.29, 0.717) is 5.75 Å². The Kier molecular flexibility index (Phi) is 5.59. The van der Waals surface area contributed by atoms with E-state index in [1.165, 1.54) is 11.1 Å². The predicted molar refractivity (Wildman–Crippen MR) is 90.4 cm³/mol. The molecule has 0 bridgehead atoms. The standard InChI is InChI=1S/C19H23NO2/c1-4-15-6-10-17(11-7-15)20-19(21)14(3)22-18-12-8-16(5-2)9-13-18/h6-14H,4-5H2,1-3H3,(H,20,21). The van der Waals surface area contributed by atoms with Crippen molar-refractivity contribution in [2.75, 3.05) is 5.32 Å². The minimum absolute atomic E-state index is 0.149. The van der Waals surface area contributed by atoms with Crippen molar-refractivity contribution in [1.82, 2.24) is 0 Å². The van der Waals surface area contributed by atoms with Crippen LogP contribution in [0.15, 0.2) is 48.5 Å². The van der Waals surface area contributed by atoms with E-state index in [-0.39, 0.29) is 5.91 Å². The average molecular weight is 297 g/mol. The number of hydrogen-bond donors (Lipinski definition) is 1. The van der Waals surface area contributed by atoms with Crippen molar-refractivity contribution >= 4 is 11.6 Å². The molecule has 0 aromatic heterocycles. The van der Waals surface area contributed by atoms with Gasteiger partial charge in [-0.25, -0.2) is 0 Å². The van der Waals surface area contributed by atoms with Crippen LogP contribution in [-0.4, -0.2) is 12.0 Å². The molecule has 1 amide bonds. The molecule has 1 unspecified atom stereocenters. The van der Waals surface area contributed by atoms with Crippen LogP contribution in [0.5, 0.6) is 5.75 Å². The summed E-state index contributed by atoms with van der Waals surface area (Å²) in [5.74, 6) is 0.560. The molecule has 0 fully saturated rings. The second kappa shape index (κ2) is 7.64. The van der Waals surface area contributed by atoms with Gasteiger partial charge >= 0.3 is 0 Å². The number of benzene rings is 2. The fourth-order valence-corrected chi connectivity index (χ4v) is 2.13. The summed E-state index contributed by atoms with van der Waals surface area (Å²) in [5.41, 5.74) is 3.29. The van der Waals surface area contributed by atoms with Gasteiger partial charge in [-0.1, -0.05) is 38.1 Å². The summed E-state index contributed by atoms with van der Waals surface area (Å²) in [6, 6.07) is 15.7. The Morgan fingerprint density at radius 1 is 0.955 bits per heavy atom. The zero-order chi connectivity index (χ0) is 15.9. The maximum absolute atomic E-state index is 12.2. The van der Waals surface area contributed by atoms with Crippen LogP contribution in [-0.2, 0) is 17.6 Å². The van der Waals surface area contributed by atoms with Gasteiger partial charge in [0.2, 0.25) is 0 Å². The molecule has 0 aliphatic rings. The lowest BCUT2D eigenvalue weighted by Gasteiger charge is -2.15. The fourth-order valence-electron chi connectivity index (χ4n) is 2.13. The zero-order valence-electron chi connectivity index (χ0n) is 13.4. The van der Waals surface area contributed by atoms with Crippen LogP contribution in [0, 0.1) is 0 Å². The van der Waals surface area contributed by atoms with Gasteiger partial charge < -0.3 is 10.1 Å². The number of anilines is 1. The van der Waals surface area contributed by atoms with Gasteiger partial charge in [0.15, 0.2) is 6.10 Å². The predicted octanol–water partition coefficient (Wildman–Crippen LogP) is 4.22. The highest BCUT2D eigenvalue weighted by Crippen LogP contribution is 2.15. The lowest BCUT2D eigenvalue weighted by Crippen LogP contribution is -2.30. The van der Waals surface area contributed by atoms with Crippen LogP contribution < -0.4 is 10.1 Å². The van der Waals surface area contributed by atoms with Crippen LogP contribution in [0.2, 0.25) is 0 Å². The normalized spacial score (nSPS) is 11.8. The molecule has 3 nitrogen and oxygen atoms in total. The van der Waals surface area contributed by atoms with Gasteiger partial charge in [0, 0.05) is 5.69 Å². The summed E-state index contributed by atoms with van der Waals surface area (Å²) < 4.78 is 5.68. The van der Waals surface area contributed by atoms with Crippen molar-refractivity contribution in [2.24, 2.45) is 0 Å². The molecule has 116 valence electrons. The Morgan fingerprint density at radius 2 is 1.45 bits per heavy atom. The molecule has 2 aromatic carbocycles. The third-order valence-corrected chi connectivity index (χ3v) is 3.64. The number of hydrogen-bond acceptors (Lipinski definition) is 2. The maximum Gasteiger partial charge on any atom is 0.265 e. The molecular formula is C19H23NO2. The Balaban J connectivity index is 1.92. The molecule has 0 aliphatic heterocycles. The third-order valence-electron chi connectivity index (χ3n) is 3.64. The van der Waals surface area contributed by atoms with Crippen molar-refractivity contribution in [3.63, 3.8) is 0 Å². The van der Waals surface area contributed by atoms with E-state index < -0.39 is 6.10 Å². The second-order valence-corrected chi connectivity index (χ2v) is 5.30. The molecular weight excluding hydrogens is 274 g/mol. The van der Waals surface area contributed by atoms with Crippen LogP contribution in [0.3, 0.4) is 0 Å². The van der Waals surface area contributed by atoms with Gasteiger partial charge in [-0.15, -0.1) is 0 Å². The monoisotopic (exact) mass is 297 g/mol. The highest BCUT2D eigenvalue weighted by Gasteiger charge is 2.14. The molecule has 2 rings (SSSR count). The number of nitrogens with one attached hydrogen (secondary N) is 1. The molecule has 0 heterocycles. The highest BCUT2D eigenvalue weighted by atomic mass is 16.5. The van der Waals surface area contributed by atoms with Gasteiger partial charge in [0.1, 0.15) is 5.75 Å². The van der Waals surface area contributed by atoms with E-state index in [1.807, 2.05) is 48.5 Å². The van der Waals surface area contributed by atoms with Gasteiger partial charge in [-0.05, 0) is 55.2 Å². The summed E-state index contributed by atoms with van der Waals surface area (Å²) in [6.07, 6.45) is 1.43. The van der Waals surface area contributed by atoms with Crippen LogP contribution in [0.25, 0.3) is 0 Å². The Labute approximate surface area is 132 Å². The molecule has 0 saturated heterocycles. The fraction of sp³-hybridized carbons (Fsp3) is 0.316. The number of aryl methyl sites for hydroxylation is 2. The highest BCUT2D eigenvalue weighted by molar-refractivity contribution is 5.94. The first-order valence-corrected chi connectivity index (χ1v) is 7.77. The summed E-state index contributed by atoms with van der Waals surface area (Å²) in [4.78, 5) is 12.2. The summed E-state index contributed by atoms with van der Waals surface area (Å²) >= 11 is 0. The Bertz CT molecular complexity index is 602. The summed E-state index contributed by atoms with van der Waals surface area (Å²) in [5, 5.41) is 2.87. The van der Waals surface area contributed by atoms with E-state index in [2.05, 4.69) is 19.2 Å². The van der Waals surface area contributed by atoms with Crippen LogP contribution in [0.1, 0.15) is 31.9 Å². The van der Waals surface area contributed by atoms with Crippen molar-refractivity contribution in [1.29, 1.82) is 0 Å². The van der Waals surface area contributed by atoms with Gasteiger partial charge in [0.25, 0.3) is 5.91 Å². The molecule has 1 atom stereocenters. The van der Waals surface area contributed by atoms with Crippen molar-refractivity contribution in [2.45, 2.75) is 39.7 Å². The largest absolute Gasteiger partial charge is 0.481 e. The zero-order valence-corrected chi connectivity index (χ0v) is 13.4. The Hall–Kier alpha value is -2.29. The number of rotatable bonds is 6. The lowest BCUT2D eigenvalue weighted by atomic mass is 10.1. The topological polar surface area (TPSA) is 38.3 Å². The minimum atomic E-state index is -0.543. The SMILES string of the molecule is CCc1ccc(NC(=O)C(C)Oc2ccc(CC)cc2)cc1. The molecule has 0 saturated carbocycles. The lowest BCUT2D eigenvalue weighted by molar-refractivity contribution is -0.122. The third kappa shape index (κ3) is 4.35.